The highest BCUT2D eigenvalue weighted by Crippen LogP contribution is 2.22. The number of methoxy groups -OCH3 is 1. The number of aromatic nitrogens is 1. The molecule has 126 valence electrons. The normalized spacial score (nSPS) is 10.5. The fourth-order valence-corrected chi connectivity index (χ4v) is 2.60. The molecule has 3 rings (SSSR count). The molecule has 1 heterocycles. The standard InChI is InChI=1S/C20H17FN2O2/c1-25-19-7-2-13(11-17(19)21)10-14-8-9-23-18(12-14)15-3-5-16(6-4-15)20(22)24/h2-9,11-12H,10H2,1H3,(H2,22,24). The Morgan fingerprint density at radius 1 is 1.08 bits per heavy atom. The highest BCUT2D eigenvalue weighted by Gasteiger charge is 2.07. The fourth-order valence-electron chi connectivity index (χ4n) is 2.60. The second-order valence-corrected chi connectivity index (χ2v) is 5.64. The number of nitrogens with two attached hydrogens (primary N) is 1. The number of nitrogens with zero attached hydrogens (tertiary/aromatic N) is 1. The maximum absolute atomic E-state index is 13.8. The lowest BCUT2D eigenvalue weighted by Crippen LogP contribution is -2.10. The summed E-state index contributed by atoms with van der Waals surface area (Å²) in [6.45, 7) is 0. The van der Waals surface area contributed by atoms with Crippen LogP contribution in [0.5, 0.6) is 5.75 Å². The molecule has 25 heavy (non-hydrogen) atoms. The van der Waals surface area contributed by atoms with E-state index >= 15 is 0 Å². The van der Waals surface area contributed by atoms with Crippen LogP contribution < -0.4 is 10.5 Å². The molecule has 0 saturated heterocycles. The van der Waals surface area contributed by atoms with Gasteiger partial charge in [-0.3, -0.25) is 9.78 Å². The van der Waals surface area contributed by atoms with Crippen LogP contribution in [0.1, 0.15) is 21.5 Å². The summed E-state index contributed by atoms with van der Waals surface area (Å²) in [7, 11) is 1.44. The summed E-state index contributed by atoms with van der Waals surface area (Å²) in [5.74, 6) is -0.611. The zero-order chi connectivity index (χ0) is 17.8. The van der Waals surface area contributed by atoms with Crippen molar-refractivity contribution >= 4 is 5.91 Å². The van der Waals surface area contributed by atoms with Crippen molar-refractivity contribution in [2.45, 2.75) is 6.42 Å². The topological polar surface area (TPSA) is 65.2 Å². The van der Waals surface area contributed by atoms with Crippen LogP contribution in [0.3, 0.4) is 0 Å². The van der Waals surface area contributed by atoms with Gasteiger partial charge in [-0.05, 0) is 53.9 Å². The maximum atomic E-state index is 13.8. The van der Waals surface area contributed by atoms with E-state index in [2.05, 4.69) is 4.98 Å². The molecule has 0 fully saturated rings. The molecule has 0 spiro atoms. The molecular weight excluding hydrogens is 319 g/mol. The number of amides is 1. The van der Waals surface area contributed by atoms with Crippen LogP contribution in [-0.2, 0) is 6.42 Å². The molecule has 4 nitrogen and oxygen atoms in total. The van der Waals surface area contributed by atoms with Crippen molar-refractivity contribution in [2.24, 2.45) is 5.73 Å². The van der Waals surface area contributed by atoms with Crippen LogP contribution in [0.25, 0.3) is 11.3 Å². The zero-order valence-electron chi connectivity index (χ0n) is 13.7. The van der Waals surface area contributed by atoms with Gasteiger partial charge >= 0.3 is 0 Å². The van der Waals surface area contributed by atoms with Crippen LogP contribution in [-0.4, -0.2) is 18.0 Å². The Hall–Kier alpha value is -3.21. The number of carbonyl (C=O) groups excluding carboxylic acids is 1. The van der Waals surface area contributed by atoms with Crippen molar-refractivity contribution in [3.8, 4) is 17.0 Å². The minimum absolute atomic E-state index is 0.230. The van der Waals surface area contributed by atoms with Gasteiger partial charge in [0.15, 0.2) is 11.6 Å². The molecule has 0 atom stereocenters. The van der Waals surface area contributed by atoms with Crippen LogP contribution >= 0.6 is 0 Å². The Bertz CT molecular complexity index is 908. The molecule has 1 aromatic heterocycles. The first-order valence-corrected chi connectivity index (χ1v) is 7.74. The van der Waals surface area contributed by atoms with Gasteiger partial charge in [-0.2, -0.15) is 0 Å². The van der Waals surface area contributed by atoms with E-state index in [1.54, 1.807) is 36.5 Å². The molecule has 0 aliphatic carbocycles. The summed E-state index contributed by atoms with van der Waals surface area (Å²) in [6.07, 6.45) is 2.29. The first kappa shape index (κ1) is 16.6. The Labute approximate surface area is 145 Å². The molecule has 0 bridgehead atoms. The Morgan fingerprint density at radius 3 is 2.44 bits per heavy atom. The summed E-state index contributed by atoms with van der Waals surface area (Å²) < 4.78 is 18.8. The predicted octanol–water partition coefficient (Wildman–Crippen LogP) is 3.59. The fraction of sp³-hybridized carbons (Fsp3) is 0.100. The number of ether oxygens (including phenoxy) is 1. The number of carbonyl (C=O) groups is 1. The minimum atomic E-state index is -0.463. The van der Waals surface area contributed by atoms with E-state index in [0.717, 1.165) is 22.4 Å². The van der Waals surface area contributed by atoms with Gasteiger partial charge in [0.25, 0.3) is 0 Å². The minimum Gasteiger partial charge on any atom is -0.494 e. The average molecular weight is 336 g/mol. The number of halogens is 1. The first-order chi connectivity index (χ1) is 12.1. The van der Waals surface area contributed by atoms with Gasteiger partial charge in [0, 0.05) is 17.3 Å². The smallest absolute Gasteiger partial charge is 0.248 e. The third-order valence-electron chi connectivity index (χ3n) is 3.91. The second kappa shape index (κ2) is 7.13. The van der Waals surface area contributed by atoms with Gasteiger partial charge in [-0.15, -0.1) is 0 Å². The van der Waals surface area contributed by atoms with Gasteiger partial charge in [-0.1, -0.05) is 18.2 Å². The highest BCUT2D eigenvalue weighted by atomic mass is 19.1. The average Bonchev–Trinajstić information content (AvgIpc) is 2.62. The van der Waals surface area contributed by atoms with Gasteiger partial charge in [0.1, 0.15) is 0 Å². The van der Waals surface area contributed by atoms with E-state index in [-0.39, 0.29) is 11.6 Å². The third-order valence-corrected chi connectivity index (χ3v) is 3.91. The molecule has 5 heteroatoms. The quantitative estimate of drug-likeness (QED) is 0.774. The van der Waals surface area contributed by atoms with Gasteiger partial charge in [0.05, 0.1) is 12.8 Å². The Balaban J connectivity index is 1.84. The molecule has 0 unspecified atom stereocenters. The first-order valence-electron chi connectivity index (χ1n) is 7.74. The molecule has 0 radical (unpaired) electrons. The predicted molar refractivity (Wildman–Crippen MR) is 93.9 cm³/mol. The lowest BCUT2D eigenvalue weighted by molar-refractivity contribution is 0.100. The maximum Gasteiger partial charge on any atom is 0.248 e. The number of hydrogen-bond acceptors (Lipinski definition) is 3. The number of benzene rings is 2. The van der Waals surface area contributed by atoms with Crippen molar-refractivity contribution in [1.82, 2.24) is 4.98 Å². The third kappa shape index (κ3) is 3.83. The van der Waals surface area contributed by atoms with Crippen LogP contribution in [0.4, 0.5) is 4.39 Å². The molecule has 2 N–H and O–H groups in total. The molecule has 0 aliphatic rings. The Morgan fingerprint density at radius 2 is 1.80 bits per heavy atom. The molecule has 2 aromatic carbocycles. The summed E-state index contributed by atoms with van der Waals surface area (Å²) in [4.78, 5) is 15.5. The monoisotopic (exact) mass is 336 g/mol. The van der Waals surface area contributed by atoms with Crippen LogP contribution in [0, 0.1) is 5.82 Å². The van der Waals surface area contributed by atoms with Gasteiger partial charge in [0.2, 0.25) is 5.91 Å². The summed E-state index contributed by atoms with van der Waals surface area (Å²) >= 11 is 0. The van der Waals surface area contributed by atoms with E-state index in [9.17, 15) is 9.18 Å². The van der Waals surface area contributed by atoms with E-state index in [0.29, 0.717) is 12.0 Å². The van der Waals surface area contributed by atoms with Crippen molar-refractivity contribution < 1.29 is 13.9 Å². The van der Waals surface area contributed by atoms with Crippen LogP contribution in [0.15, 0.2) is 60.8 Å². The van der Waals surface area contributed by atoms with E-state index < -0.39 is 5.91 Å². The molecule has 3 aromatic rings. The van der Waals surface area contributed by atoms with Crippen molar-refractivity contribution in [3.05, 3.63) is 83.3 Å². The van der Waals surface area contributed by atoms with E-state index in [1.807, 2.05) is 18.2 Å². The summed E-state index contributed by atoms with van der Waals surface area (Å²) in [5.41, 5.74) is 9.22. The largest absolute Gasteiger partial charge is 0.494 e. The SMILES string of the molecule is COc1ccc(Cc2ccnc(-c3ccc(C(N)=O)cc3)c2)cc1F. The van der Waals surface area contributed by atoms with Gasteiger partial charge in [-0.25, -0.2) is 4.39 Å². The number of primary amides is 1. The van der Waals surface area contributed by atoms with Gasteiger partial charge < -0.3 is 10.5 Å². The van der Waals surface area contributed by atoms with Crippen molar-refractivity contribution in [2.75, 3.05) is 7.11 Å². The zero-order valence-corrected chi connectivity index (χ0v) is 13.7. The second-order valence-electron chi connectivity index (χ2n) is 5.64. The number of pyridine rings is 1. The lowest BCUT2D eigenvalue weighted by Gasteiger charge is -2.07. The highest BCUT2D eigenvalue weighted by molar-refractivity contribution is 5.93. The van der Waals surface area contributed by atoms with Crippen molar-refractivity contribution in [3.63, 3.8) is 0 Å². The number of hydrogen-bond donors (Lipinski definition) is 1. The molecule has 0 saturated carbocycles. The van der Waals surface area contributed by atoms with Crippen LogP contribution in [0.2, 0.25) is 0 Å². The summed E-state index contributed by atoms with van der Waals surface area (Å²) in [5, 5.41) is 0. The van der Waals surface area contributed by atoms with E-state index in [1.165, 1.54) is 13.2 Å². The Kier molecular flexibility index (Phi) is 4.75. The van der Waals surface area contributed by atoms with E-state index in [4.69, 9.17) is 10.5 Å². The number of rotatable bonds is 5. The van der Waals surface area contributed by atoms with Crippen molar-refractivity contribution in [1.29, 1.82) is 0 Å². The molecular formula is C20H17FN2O2. The molecule has 0 aliphatic heterocycles. The lowest BCUT2D eigenvalue weighted by atomic mass is 10.0. The summed E-state index contributed by atoms with van der Waals surface area (Å²) in [6, 6.07) is 15.7. The molecule has 1 amide bonds.